The van der Waals surface area contributed by atoms with Gasteiger partial charge in [-0.2, -0.15) is 11.8 Å². The SMILES string of the molecule is NCc1ccc(C(=O)C2CCOC3(CCSCC3)C2)o1. The van der Waals surface area contributed by atoms with Gasteiger partial charge in [0.1, 0.15) is 5.76 Å². The quantitative estimate of drug-likeness (QED) is 0.868. The van der Waals surface area contributed by atoms with Crippen LogP contribution in [-0.2, 0) is 11.3 Å². The third-order valence-electron chi connectivity index (χ3n) is 4.37. The van der Waals surface area contributed by atoms with Crippen LogP contribution in [0.2, 0.25) is 0 Å². The van der Waals surface area contributed by atoms with Gasteiger partial charge in [0.2, 0.25) is 5.78 Å². The molecule has 1 atom stereocenters. The summed E-state index contributed by atoms with van der Waals surface area (Å²) >= 11 is 1.98. The summed E-state index contributed by atoms with van der Waals surface area (Å²) < 4.78 is 11.5. The van der Waals surface area contributed by atoms with Crippen LogP contribution in [0, 0.1) is 5.92 Å². The lowest BCUT2D eigenvalue weighted by Crippen LogP contribution is -2.44. The highest BCUT2D eigenvalue weighted by molar-refractivity contribution is 7.99. The van der Waals surface area contributed by atoms with Gasteiger partial charge >= 0.3 is 0 Å². The first kappa shape index (κ1) is 14.2. The molecule has 2 aliphatic rings. The van der Waals surface area contributed by atoms with Crippen molar-refractivity contribution in [3.8, 4) is 0 Å². The lowest BCUT2D eigenvalue weighted by molar-refractivity contribution is -0.0961. The van der Waals surface area contributed by atoms with Crippen LogP contribution in [0.1, 0.15) is 42.0 Å². The molecule has 4 nitrogen and oxygen atoms in total. The third kappa shape index (κ3) is 2.80. The van der Waals surface area contributed by atoms with Crippen molar-refractivity contribution in [2.24, 2.45) is 11.7 Å². The fraction of sp³-hybridized carbons (Fsp3) is 0.667. The first-order chi connectivity index (χ1) is 9.72. The molecule has 110 valence electrons. The van der Waals surface area contributed by atoms with Crippen molar-refractivity contribution < 1.29 is 13.9 Å². The van der Waals surface area contributed by atoms with Gasteiger partial charge in [-0.05, 0) is 49.3 Å². The lowest BCUT2D eigenvalue weighted by Gasteiger charge is -2.42. The van der Waals surface area contributed by atoms with E-state index in [1.807, 2.05) is 11.8 Å². The Labute approximate surface area is 123 Å². The predicted octanol–water partition coefficient (Wildman–Crippen LogP) is 2.61. The molecule has 1 spiro atoms. The Kier molecular flexibility index (Phi) is 4.19. The zero-order chi connectivity index (χ0) is 14.0. The maximum atomic E-state index is 12.6. The van der Waals surface area contributed by atoms with Crippen molar-refractivity contribution in [1.82, 2.24) is 0 Å². The van der Waals surface area contributed by atoms with E-state index in [4.69, 9.17) is 14.9 Å². The zero-order valence-corrected chi connectivity index (χ0v) is 12.4. The molecule has 0 saturated carbocycles. The molecule has 3 heterocycles. The van der Waals surface area contributed by atoms with E-state index in [1.165, 1.54) is 0 Å². The number of hydrogen-bond donors (Lipinski definition) is 1. The van der Waals surface area contributed by atoms with Crippen LogP contribution >= 0.6 is 11.8 Å². The molecule has 0 aromatic carbocycles. The molecule has 0 amide bonds. The molecule has 2 aliphatic heterocycles. The molecule has 0 radical (unpaired) electrons. The highest BCUT2D eigenvalue weighted by atomic mass is 32.2. The van der Waals surface area contributed by atoms with Gasteiger partial charge in [0.15, 0.2) is 5.76 Å². The Morgan fingerprint density at radius 1 is 1.40 bits per heavy atom. The molecule has 5 heteroatoms. The maximum Gasteiger partial charge on any atom is 0.201 e. The average Bonchev–Trinajstić information content (AvgIpc) is 2.96. The number of carbonyl (C=O) groups excluding carboxylic acids is 1. The van der Waals surface area contributed by atoms with Crippen LogP contribution in [0.3, 0.4) is 0 Å². The summed E-state index contributed by atoms with van der Waals surface area (Å²) in [5.74, 6) is 3.55. The fourth-order valence-corrected chi connectivity index (χ4v) is 4.40. The monoisotopic (exact) mass is 295 g/mol. The predicted molar refractivity (Wildman–Crippen MR) is 78.9 cm³/mol. The van der Waals surface area contributed by atoms with Gasteiger partial charge in [-0.3, -0.25) is 4.79 Å². The fourth-order valence-electron chi connectivity index (χ4n) is 3.16. The number of ketones is 1. The van der Waals surface area contributed by atoms with Gasteiger partial charge in [-0.1, -0.05) is 0 Å². The lowest BCUT2D eigenvalue weighted by atomic mass is 9.79. The van der Waals surface area contributed by atoms with Crippen molar-refractivity contribution in [2.75, 3.05) is 18.1 Å². The molecule has 20 heavy (non-hydrogen) atoms. The summed E-state index contributed by atoms with van der Waals surface area (Å²) in [5, 5.41) is 0. The summed E-state index contributed by atoms with van der Waals surface area (Å²) in [5.41, 5.74) is 5.46. The second-order valence-electron chi connectivity index (χ2n) is 5.67. The molecule has 2 N–H and O–H groups in total. The standard InChI is InChI=1S/C15H21NO3S/c16-10-12-1-2-13(19-12)14(17)11-3-6-18-15(9-11)4-7-20-8-5-15/h1-2,11H,3-10,16H2. The Morgan fingerprint density at radius 3 is 2.90 bits per heavy atom. The number of thioether (sulfide) groups is 1. The van der Waals surface area contributed by atoms with Gasteiger partial charge < -0.3 is 14.9 Å². The highest BCUT2D eigenvalue weighted by Gasteiger charge is 2.41. The molecular formula is C15H21NO3S. The van der Waals surface area contributed by atoms with Crippen LogP contribution in [-0.4, -0.2) is 29.5 Å². The van der Waals surface area contributed by atoms with Crippen LogP contribution in [0.4, 0.5) is 0 Å². The maximum absolute atomic E-state index is 12.6. The van der Waals surface area contributed by atoms with E-state index in [9.17, 15) is 4.79 Å². The topological polar surface area (TPSA) is 65.5 Å². The summed E-state index contributed by atoms with van der Waals surface area (Å²) in [6.45, 7) is 1.02. The number of furan rings is 1. The first-order valence-electron chi connectivity index (χ1n) is 7.27. The molecule has 1 aromatic rings. The zero-order valence-electron chi connectivity index (χ0n) is 11.6. The van der Waals surface area contributed by atoms with Gasteiger partial charge in [0, 0.05) is 12.5 Å². The minimum atomic E-state index is -0.0624. The summed E-state index contributed by atoms with van der Waals surface area (Å²) in [7, 11) is 0. The van der Waals surface area contributed by atoms with Gasteiger partial charge in [-0.15, -0.1) is 0 Å². The van der Waals surface area contributed by atoms with Crippen LogP contribution in [0.25, 0.3) is 0 Å². The second-order valence-corrected chi connectivity index (χ2v) is 6.89. The van der Waals surface area contributed by atoms with Crippen LogP contribution in [0.5, 0.6) is 0 Å². The molecule has 0 bridgehead atoms. The number of Topliss-reactive ketones (excluding diaryl/α,β-unsaturated/α-hetero) is 1. The molecule has 2 saturated heterocycles. The molecular weight excluding hydrogens is 274 g/mol. The summed E-state index contributed by atoms with van der Waals surface area (Å²) in [6.07, 6.45) is 3.76. The summed E-state index contributed by atoms with van der Waals surface area (Å²) in [6, 6.07) is 3.54. The van der Waals surface area contributed by atoms with E-state index < -0.39 is 0 Å². The van der Waals surface area contributed by atoms with Crippen molar-refractivity contribution in [1.29, 1.82) is 0 Å². The second kappa shape index (κ2) is 5.92. The van der Waals surface area contributed by atoms with E-state index in [1.54, 1.807) is 12.1 Å². The van der Waals surface area contributed by atoms with Gasteiger partial charge in [0.25, 0.3) is 0 Å². The van der Waals surface area contributed by atoms with Crippen molar-refractivity contribution in [3.05, 3.63) is 23.7 Å². The van der Waals surface area contributed by atoms with E-state index >= 15 is 0 Å². The number of hydrogen-bond acceptors (Lipinski definition) is 5. The van der Waals surface area contributed by atoms with Gasteiger partial charge in [-0.25, -0.2) is 0 Å². The molecule has 1 aromatic heterocycles. The van der Waals surface area contributed by atoms with Crippen LogP contribution < -0.4 is 5.73 Å². The molecule has 3 rings (SSSR count). The Balaban J connectivity index is 1.71. The van der Waals surface area contributed by atoms with E-state index in [-0.39, 0.29) is 17.3 Å². The van der Waals surface area contributed by atoms with Crippen molar-refractivity contribution >= 4 is 17.5 Å². The smallest absolute Gasteiger partial charge is 0.201 e. The molecule has 1 unspecified atom stereocenters. The van der Waals surface area contributed by atoms with E-state index in [0.717, 1.165) is 37.2 Å². The minimum Gasteiger partial charge on any atom is -0.457 e. The van der Waals surface area contributed by atoms with Crippen molar-refractivity contribution in [2.45, 2.75) is 37.8 Å². The van der Waals surface area contributed by atoms with E-state index in [0.29, 0.717) is 24.7 Å². The molecule has 2 fully saturated rings. The Hall–Kier alpha value is -0.780. The number of nitrogens with two attached hydrogens (primary N) is 1. The van der Waals surface area contributed by atoms with Crippen molar-refractivity contribution in [3.63, 3.8) is 0 Å². The number of ether oxygens (including phenoxy) is 1. The third-order valence-corrected chi connectivity index (χ3v) is 5.36. The van der Waals surface area contributed by atoms with Crippen LogP contribution in [0.15, 0.2) is 16.5 Å². The van der Waals surface area contributed by atoms with E-state index in [2.05, 4.69) is 0 Å². The number of carbonyl (C=O) groups is 1. The number of rotatable bonds is 3. The summed E-state index contributed by atoms with van der Waals surface area (Å²) in [4.78, 5) is 12.6. The first-order valence-corrected chi connectivity index (χ1v) is 8.43. The Bertz CT molecular complexity index is 474. The largest absolute Gasteiger partial charge is 0.457 e. The van der Waals surface area contributed by atoms with Gasteiger partial charge in [0.05, 0.1) is 12.1 Å². The average molecular weight is 295 g/mol. The minimum absolute atomic E-state index is 0.0311. The normalized spacial score (nSPS) is 25.8. The Morgan fingerprint density at radius 2 is 2.20 bits per heavy atom. The highest BCUT2D eigenvalue weighted by Crippen LogP contribution is 2.40. The molecule has 0 aliphatic carbocycles.